The average molecular weight is 633 g/mol. The molecule has 44 heavy (non-hydrogen) atoms. The Labute approximate surface area is 247 Å². The normalized spacial score (nSPS) is 17.8. The molecule has 3 aromatic rings. The van der Waals surface area contributed by atoms with Crippen LogP contribution in [0.4, 0.5) is 26.3 Å². The van der Waals surface area contributed by atoms with Crippen LogP contribution >= 0.6 is 0 Å². The van der Waals surface area contributed by atoms with Gasteiger partial charge in [0.2, 0.25) is 0 Å². The van der Waals surface area contributed by atoms with Crippen molar-refractivity contribution in [2.24, 2.45) is 0 Å². The largest absolute Gasteiger partial charge is 0.490 e. The number of carbonyl (C=O) groups excluding carboxylic acids is 1. The van der Waals surface area contributed by atoms with Crippen molar-refractivity contribution in [3.63, 3.8) is 0 Å². The number of piperazine rings is 1. The van der Waals surface area contributed by atoms with Crippen molar-refractivity contribution in [2.45, 2.75) is 37.8 Å². The van der Waals surface area contributed by atoms with Gasteiger partial charge in [-0.2, -0.15) is 26.3 Å². The van der Waals surface area contributed by atoms with E-state index in [-0.39, 0.29) is 11.9 Å². The molecular formula is C27H30F6N6O5. The van der Waals surface area contributed by atoms with E-state index in [0.717, 1.165) is 63.6 Å². The molecule has 2 N–H and O–H groups in total. The Morgan fingerprint density at radius 2 is 1.41 bits per heavy atom. The third-order valence-electron chi connectivity index (χ3n) is 6.83. The predicted octanol–water partition coefficient (Wildman–Crippen LogP) is 3.72. The van der Waals surface area contributed by atoms with Gasteiger partial charge in [0.15, 0.2) is 11.5 Å². The number of alkyl halides is 6. The van der Waals surface area contributed by atoms with E-state index in [1.54, 1.807) is 0 Å². The summed E-state index contributed by atoms with van der Waals surface area (Å²) in [7, 11) is 2.14. The van der Waals surface area contributed by atoms with Gasteiger partial charge in [-0.15, -0.1) is 10.2 Å². The molecule has 2 aromatic heterocycles. The lowest BCUT2D eigenvalue weighted by Gasteiger charge is -2.38. The third kappa shape index (κ3) is 9.37. The number of amides is 1. The van der Waals surface area contributed by atoms with E-state index in [1.807, 2.05) is 27.6 Å². The van der Waals surface area contributed by atoms with Crippen molar-refractivity contribution in [1.82, 2.24) is 29.3 Å². The number of hydrogen-bond donors (Lipinski definition) is 2. The Hall–Kier alpha value is -4.25. The number of nitrogens with zero attached hydrogens (tertiary/aromatic N) is 6. The lowest BCUT2D eigenvalue weighted by Crippen LogP contribution is -2.46. The minimum absolute atomic E-state index is 0.108. The lowest BCUT2D eigenvalue weighted by atomic mass is 10.1. The number of rotatable bonds is 4. The van der Waals surface area contributed by atoms with Crippen molar-refractivity contribution in [3.8, 4) is 0 Å². The predicted molar refractivity (Wildman–Crippen MR) is 143 cm³/mol. The molecule has 240 valence electrons. The van der Waals surface area contributed by atoms with Gasteiger partial charge < -0.3 is 15.1 Å². The summed E-state index contributed by atoms with van der Waals surface area (Å²) in [6.07, 6.45) is -6.05. The zero-order chi connectivity index (χ0) is 32.7. The third-order valence-corrected chi connectivity index (χ3v) is 6.83. The van der Waals surface area contributed by atoms with Gasteiger partial charge in [-0.25, -0.2) is 9.59 Å². The molecule has 1 aromatic carbocycles. The zero-order valence-corrected chi connectivity index (χ0v) is 23.4. The van der Waals surface area contributed by atoms with Crippen LogP contribution in [-0.2, 0) is 16.1 Å². The quantitative estimate of drug-likeness (QED) is 0.413. The fraction of sp³-hybridized carbons (Fsp3) is 0.444. The Morgan fingerprint density at radius 1 is 0.841 bits per heavy atom. The molecule has 0 radical (unpaired) electrons. The van der Waals surface area contributed by atoms with Crippen LogP contribution in [0.25, 0.3) is 5.65 Å². The van der Waals surface area contributed by atoms with E-state index in [0.29, 0.717) is 5.56 Å². The first-order valence-electron chi connectivity index (χ1n) is 13.3. The molecule has 1 atom stereocenters. The molecule has 2 saturated heterocycles. The summed E-state index contributed by atoms with van der Waals surface area (Å²) in [5.74, 6) is -4.50. The number of benzene rings is 1. The van der Waals surface area contributed by atoms with Crippen molar-refractivity contribution in [3.05, 3.63) is 65.6 Å². The number of pyridine rings is 1. The number of aromatic nitrogens is 3. The molecule has 5 rings (SSSR count). The van der Waals surface area contributed by atoms with Crippen LogP contribution in [0.1, 0.15) is 40.6 Å². The highest BCUT2D eigenvalue weighted by Gasteiger charge is 2.39. The highest BCUT2D eigenvalue weighted by Crippen LogP contribution is 2.25. The number of fused-ring (bicyclic) bond motifs is 1. The molecule has 4 heterocycles. The van der Waals surface area contributed by atoms with E-state index in [4.69, 9.17) is 19.8 Å². The van der Waals surface area contributed by atoms with Crippen LogP contribution in [0.15, 0.2) is 48.7 Å². The van der Waals surface area contributed by atoms with Gasteiger partial charge in [0.05, 0.1) is 11.6 Å². The number of carboxylic acids is 2. The molecule has 0 saturated carbocycles. The van der Waals surface area contributed by atoms with Crippen molar-refractivity contribution in [1.29, 1.82) is 0 Å². The number of halogens is 6. The average Bonchev–Trinajstić information content (AvgIpc) is 3.64. The molecule has 0 spiro atoms. The second kappa shape index (κ2) is 14.5. The number of carboxylic acid groups (broad SMARTS) is 2. The molecule has 2 fully saturated rings. The first-order valence-corrected chi connectivity index (χ1v) is 13.3. The molecule has 0 aliphatic carbocycles. The summed E-state index contributed by atoms with van der Waals surface area (Å²) in [5.41, 5.74) is 2.83. The van der Waals surface area contributed by atoms with E-state index in [1.165, 1.54) is 5.56 Å². The van der Waals surface area contributed by atoms with Crippen LogP contribution in [0.2, 0.25) is 0 Å². The minimum Gasteiger partial charge on any atom is -0.475 e. The summed E-state index contributed by atoms with van der Waals surface area (Å²) in [6, 6.07) is 14.5. The highest BCUT2D eigenvalue weighted by atomic mass is 19.4. The number of likely N-dealkylation sites (tertiary alicyclic amines) is 1. The number of carbonyl (C=O) groups is 3. The molecule has 17 heteroatoms. The smallest absolute Gasteiger partial charge is 0.475 e. The first kappa shape index (κ1) is 34.2. The van der Waals surface area contributed by atoms with Crippen LogP contribution in [0.3, 0.4) is 0 Å². The summed E-state index contributed by atoms with van der Waals surface area (Å²) in [5, 5.41) is 23.2. The maximum absolute atomic E-state index is 12.9. The van der Waals surface area contributed by atoms with Crippen LogP contribution < -0.4 is 0 Å². The van der Waals surface area contributed by atoms with Crippen LogP contribution in [0, 0.1) is 0 Å². The van der Waals surface area contributed by atoms with Gasteiger partial charge in [0.1, 0.15) is 0 Å². The van der Waals surface area contributed by atoms with Gasteiger partial charge in [-0.05, 0) is 37.6 Å². The van der Waals surface area contributed by atoms with Gasteiger partial charge in [0.25, 0.3) is 5.91 Å². The molecule has 2 aliphatic heterocycles. The van der Waals surface area contributed by atoms with Gasteiger partial charge in [-0.1, -0.05) is 30.3 Å². The standard InChI is InChI=1S/C23H28N6O.2C2HF3O2/c1-26-13-14-27(15-18-7-3-2-4-8-18)17-20(26)22-25-24-21-10-9-19(16-29(21)22)23(30)28-11-5-6-12-28;2*3-2(4,5)1(6)7/h2-4,7-10,16,20H,5-6,11-15,17H2,1H3;2*(H,6,7). The van der Waals surface area contributed by atoms with E-state index >= 15 is 0 Å². The Morgan fingerprint density at radius 3 is 1.95 bits per heavy atom. The van der Waals surface area contributed by atoms with Crippen LogP contribution in [-0.4, -0.2) is 109 Å². The number of hydrogen-bond acceptors (Lipinski definition) is 7. The van der Waals surface area contributed by atoms with Crippen molar-refractivity contribution in [2.75, 3.05) is 39.8 Å². The Bertz CT molecular complexity index is 1400. The first-order chi connectivity index (χ1) is 20.6. The van der Waals surface area contributed by atoms with E-state index < -0.39 is 24.3 Å². The van der Waals surface area contributed by atoms with Crippen LogP contribution in [0.5, 0.6) is 0 Å². The summed E-state index contributed by atoms with van der Waals surface area (Å²) in [6.45, 7) is 5.52. The lowest BCUT2D eigenvalue weighted by molar-refractivity contribution is -0.193. The Kier molecular flexibility index (Phi) is 11.3. The molecule has 0 bridgehead atoms. The summed E-state index contributed by atoms with van der Waals surface area (Å²) < 4.78 is 65.5. The number of likely N-dealkylation sites (N-methyl/N-ethyl adjacent to an activating group) is 1. The second-order valence-electron chi connectivity index (χ2n) is 10.0. The van der Waals surface area contributed by atoms with Gasteiger partial charge in [0, 0.05) is 45.5 Å². The Balaban J connectivity index is 0.000000317. The number of aliphatic carboxylic acids is 2. The molecule has 1 amide bonds. The maximum atomic E-state index is 12.9. The van der Waals surface area contributed by atoms with E-state index in [2.05, 4.69) is 57.4 Å². The molecule has 11 nitrogen and oxygen atoms in total. The fourth-order valence-electron chi connectivity index (χ4n) is 4.56. The second-order valence-corrected chi connectivity index (χ2v) is 10.0. The minimum atomic E-state index is -5.08. The highest BCUT2D eigenvalue weighted by molar-refractivity contribution is 5.94. The summed E-state index contributed by atoms with van der Waals surface area (Å²) >= 11 is 0. The SMILES string of the molecule is CN1CCN(Cc2ccccc2)CC1c1nnc2ccc(C(=O)N3CCCC3)cn12.O=C(O)C(F)(F)F.O=C(O)C(F)(F)F. The summed E-state index contributed by atoms with van der Waals surface area (Å²) in [4.78, 5) is 37.4. The van der Waals surface area contributed by atoms with Gasteiger partial charge in [-0.3, -0.25) is 19.0 Å². The topological polar surface area (TPSA) is 132 Å². The van der Waals surface area contributed by atoms with Crippen molar-refractivity contribution < 1.29 is 50.9 Å². The molecular weight excluding hydrogens is 602 g/mol. The van der Waals surface area contributed by atoms with Crippen molar-refractivity contribution >= 4 is 23.5 Å². The monoisotopic (exact) mass is 632 g/mol. The maximum Gasteiger partial charge on any atom is 0.490 e. The molecule has 1 unspecified atom stereocenters. The van der Waals surface area contributed by atoms with E-state index in [9.17, 15) is 31.1 Å². The zero-order valence-electron chi connectivity index (χ0n) is 23.4. The molecule has 2 aliphatic rings. The fourth-order valence-corrected chi connectivity index (χ4v) is 4.56. The van der Waals surface area contributed by atoms with Gasteiger partial charge >= 0.3 is 24.3 Å².